The average Bonchev–Trinajstić information content (AvgIpc) is 2.84. The van der Waals surface area contributed by atoms with Crippen LogP contribution in [0.25, 0.3) is 0 Å². The lowest BCUT2D eigenvalue weighted by Gasteiger charge is -2.33. The predicted octanol–water partition coefficient (Wildman–Crippen LogP) is 2.17. The molecule has 2 aliphatic rings. The van der Waals surface area contributed by atoms with E-state index in [1.54, 1.807) is 0 Å². The van der Waals surface area contributed by atoms with Crippen molar-refractivity contribution in [1.82, 2.24) is 10.2 Å². The molecule has 2 rings (SSSR count). The van der Waals surface area contributed by atoms with Crippen molar-refractivity contribution in [2.75, 3.05) is 13.1 Å². The molecule has 0 bridgehead atoms. The number of hydrogen-bond donors (Lipinski definition) is 1. The van der Waals surface area contributed by atoms with Crippen LogP contribution >= 0.6 is 0 Å². The third kappa shape index (κ3) is 3.21. The number of nitrogens with zero attached hydrogens (tertiary/aromatic N) is 1. The zero-order chi connectivity index (χ0) is 12.3. The highest BCUT2D eigenvalue weighted by Crippen LogP contribution is 2.24. The van der Waals surface area contributed by atoms with Gasteiger partial charge >= 0.3 is 0 Å². The van der Waals surface area contributed by atoms with E-state index in [4.69, 9.17) is 0 Å². The smallest absolute Gasteiger partial charge is 0.239 e. The van der Waals surface area contributed by atoms with Crippen molar-refractivity contribution in [3.8, 4) is 0 Å². The molecule has 0 aromatic rings. The summed E-state index contributed by atoms with van der Waals surface area (Å²) in [6.07, 6.45) is 7.57. The summed E-state index contributed by atoms with van der Waals surface area (Å²) < 4.78 is 0. The third-order valence-corrected chi connectivity index (χ3v) is 4.36. The Morgan fingerprint density at radius 3 is 2.47 bits per heavy atom. The van der Waals surface area contributed by atoms with E-state index in [9.17, 15) is 4.79 Å². The van der Waals surface area contributed by atoms with E-state index in [1.807, 2.05) is 11.8 Å². The van der Waals surface area contributed by atoms with Crippen LogP contribution in [0.3, 0.4) is 0 Å². The van der Waals surface area contributed by atoms with Crippen LogP contribution in [0.15, 0.2) is 0 Å². The van der Waals surface area contributed by atoms with Crippen molar-refractivity contribution in [3.05, 3.63) is 0 Å². The summed E-state index contributed by atoms with van der Waals surface area (Å²) in [5.41, 5.74) is 0. The molecule has 3 unspecified atom stereocenters. The highest BCUT2D eigenvalue weighted by Gasteiger charge is 2.28. The fraction of sp³-hybridized carbons (Fsp3) is 0.929. The van der Waals surface area contributed by atoms with Crippen molar-refractivity contribution in [2.45, 2.75) is 64.5 Å². The Hall–Kier alpha value is -0.570. The van der Waals surface area contributed by atoms with Crippen molar-refractivity contribution in [3.63, 3.8) is 0 Å². The molecule has 0 aromatic carbocycles. The van der Waals surface area contributed by atoms with E-state index in [0.29, 0.717) is 11.9 Å². The van der Waals surface area contributed by atoms with Gasteiger partial charge in [-0.25, -0.2) is 0 Å². The number of likely N-dealkylation sites (tertiary alicyclic amines) is 1. The number of carbonyl (C=O) groups is 1. The molecule has 0 radical (unpaired) electrons. The Kier molecular flexibility index (Phi) is 4.43. The lowest BCUT2D eigenvalue weighted by molar-refractivity contribution is -0.132. The summed E-state index contributed by atoms with van der Waals surface area (Å²) in [4.78, 5) is 14.2. The highest BCUT2D eigenvalue weighted by atomic mass is 16.2. The fourth-order valence-electron chi connectivity index (χ4n) is 3.17. The molecule has 1 aliphatic heterocycles. The molecule has 1 saturated carbocycles. The monoisotopic (exact) mass is 238 g/mol. The van der Waals surface area contributed by atoms with E-state index < -0.39 is 0 Å². The van der Waals surface area contributed by atoms with E-state index in [-0.39, 0.29) is 6.04 Å². The van der Waals surface area contributed by atoms with E-state index in [2.05, 4.69) is 12.2 Å². The first-order valence-electron chi connectivity index (χ1n) is 7.23. The topological polar surface area (TPSA) is 32.3 Å². The lowest BCUT2D eigenvalue weighted by atomic mass is 9.85. The molecular formula is C14H26N2O. The van der Waals surface area contributed by atoms with Gasteiger partial charge in [-0.05, 0) is 38.5 Å². The van der Waals surface area contributed by atoms with Crippen LogP contribution < -0.4 is 5.32 Å². The Morgan fingerprint density at radius 1 is 1.18 bits per heavy atom. The van der Waals surface area contributed by atoms with E-state index in [0.717, 1.165) is 19.0 Å². The first-order chi connectivity index (χ1) is 8.18. The predicted molar refractivity (Wildman–Crippen MR) is 69.8 cm³/mol. The number of carbonyl (C=O) groups excluding carboxylic acids is 1. The summed E-state index contributed by atoms with van der Waals surface area (Å²) in [6.45, 7) is 6.27. The summed E-state index contributed by atoms with van der Waals surface area (Å²) >= 11 is 0. The van der Waals surface area contributed by atoms with E-state index >= 15 is 0 Å². The minimum absolute atomic E-state index is 0.00125. The van der Waals surface area contributed by atoms with Gasteiger partial charge in [0.2, 0.25) is 5.91 Å². The Balaban J connectivity index is 1.82. The lowest BCUT2D eigenvalue weighted by Crippen LogP contribution is -2.50. The second-order valence-electron chi connectivity index (χ2n) is 5.79. The molecule has 0 spiro atoms. The van der Waals surface area contributed by atoms with Crippen LogP contribution in [0, 0.1) is 5.92 Å². The van der Waals surface area contributed by atoms with Gasteiger partial charge in [0.05, 0.1) is 6.04 Å². The number of hydrogen-bond acceptors (Lipinski definition) is 2. The Morgan fingerprint density at radius 2 is 1.82 bits per heavy atom. The van der Waals surface area contributed by atoms with E-state index in [1.165, 1.54) is 38.5 Å². The van der Waals surface area contributed by atoms with Gasteiger partial charge in [0.25, 0.3) is 0 Å². The largest absolute Gasteiger partial charge is 0.341 e. The second-order valence-corrected chi connectivity index (χ2v) is 5.79. The molecular weight excluding hydrogens is 212 g/mol. The fourth-order valence-corrected chi connectivity index (χ4v) is 3.17. The van der Waals surface area contributed by atoms with Crippen molar-refractivity contribution >= 4 is 5.91 Å². The molecule has 2 fully saturated rings. The van der Waals surface area contributed by atoms with Crippen LogP contribution in [0.1, 0.15) is 52.4 Å². The molecule has 98 valence electrons. The average molecular weight is 238 g/mol. The number of rotatable bonds is 3. The van der Waals surface area contributed by atoms with Crippen molar-refractivity contribution in [1.29, 1.82) is 0 Å². The van der Waals surface area contributed by atoms with Gasteiger partial charge in [-0.1, -0.05) is 19.8 Å². The maximum absolute atomic E-state index is 12.2. The van der Waals surface area contributed by atoms with Gasteiger partial charge in [-0.3, -0.25) is 4.79 Å². The molecule has 1 saturated heterocycles. The first kappa shape index (κ1) is 12.9. The quantitative estimate of drug-likeness (QED) is 0.817. The van der Waals surface area contributed by atoms with Gasteiger partial charge in [-0.2, -0.15) is 0 Å². The third-order valence-electron chi connectivity index (χ3n) is 4.36. The zero-order valence-corrected chi connectivity index (χ0v) is 11.2. The SMILES string of the molecule is CC(NC1CCCCC1C)C(=O)N1CCCC1. The van der Waals surface area contributed by atoms with Crippen LogP contribution in [0.5, 0.6) is 0 Å². The summed E-state index contributed by atoms with van der Waals surface area (Å²) in [5.74, 6) is 1.03. The second kappa shape index (κ2) is 5.85. The molecule has 3 heteroatoms. The number of amides is 1. The van der Waals surface area contributed by atoms with Gasteiger partial charge in [0, 0.05) is 19.1 Å². The molecule has 3 nitrogen and oxygen atoms in total. The van der Waals surface area contributed by atoms with Crippen molar-refractivity contribution in [2.24, 2.45) is 5.92 Å². The van der Waals surface area contributed by atoms with Crippen LogP contribution in [-0.2, 0) is 4.79 Å². The molecule has 1 N–H and O–H groups in total. The normalized spacial score (nSPS) is 31.5. The maximum atomic E-state index is 12.2. The van der Waals surface area contributed by atoms with Crippen LogP contribution in [-0.4, -0.2) is 36.0 Å². The van der Waals surface area contributed by atoms with Gasteiger partial charge in [0.1, 0.15) is 0 Å². The summed E-state index contributed by atoms with van der Waals surface area (Å²) in [7, 11) is 0. The zero-order valence-electron chi connectivity index (χ0n) is 11.2. The minimum atomic E-state index is -0.00125. The minimum Gasteiger partial charge on any atom is -0.341 e. The molecule has 1 aliphatic carbocycles. The standard InChI is InChI=1S/C14H26N2O/c1-11-7-3-4-8-13(11)15-12(2)14(17)16-9-5-6-10-16/h11-13,15H,3-10H2,1-2H3. The number of nitrogens with one attached hydrogen (secondary N) is 1. The molecule has 17 heavy (non-hydrogen) atoms. The highest BCUT2D eigenvalue weighted by molar-refractivity contribution is 5.81. The first-order valence-corrected chi connectivity index (χ1v) is 7.23. The molecule has 1 amide bonds. The van der Waals surface area contributed by atoms with Gasteiger partial charge in [0.15, 0.2) is 0 Å². The Bertz CT molecular complexity index is 261. The maximum Gasteiger partial charge on any atom is 0.239 e. The Labute approximate surface area is 105 Å². The van der Waals surface area contributed by atoms with Gasteiger partial charge in [-0.15, -0.1) is 0 Å². The summed E-state index contributed by atoms with van der Waals surface area (Å²) in [5, 5.41) is 3.55. The molecule has 0 aromatic heterocycles. The van der Waals surface area contributed by atoms with Gasteiger partial charge < -0.3 is 10.2 Å². The molecule has 3 atom stereocenters. The van der Waals surface area contributed by atoms with Crippen LogP contribution in [0.2, 0.25) is 0 Å². The van der Waals surface area contributed by atoms with Crippen molar-refractivity contribution < 1.29 is 4.79 Å². The summed E-state index contributed by atoms with van der Waals surface area (Å²) in [6, 6.07) is 0.545. The van der Waals surface area contributed by atoms with Crippen LogP contribution in [0.4, 0.5) is 0 Å². The molecule has 1 heterocycles.